The van der Waals surface area contributed by atoms with E-state index in [0.717, 1.165) is 17.4 Å². The number of rotatable bonds is 2. The van der Waals surface area contributed by atoms with Gasteiger partial charge in [0.1, 0.15) is 6.61 Å². The molecular formula is C18H23NO2. The van der Waals surface area contributed by atoms with Crippen LogP contribution in [-0.2, 0) is 11.3 Å². The van der Waals surface area contributed by atoms with Crippen molar-refractivity contribution in [3.63, 3.8) is 0 Å². The molecule has 21 heavy (non-hydrogen) atoms. The lowest BCUT2D eigenvalue weighted by Gasteiger charge is -2.61. The first-order chi connectivity index (χ1) is 10.1. The summed E-state index contributed by atoms with van der Waals surface area (Å²) in [5, 5.41) is 0. The highest BCUT2D eigenvalue weighted by atomic mass is 16.6. The van der Waals surface area contributed by atoms with Crippen molar-refractivity contribution >= 4 is 6.09 Å². The van der Waals surface area contributed by atoms with Crippen molar-refractivity contribution in [3.8, 4) is 0 Å². The molecule has 5 rings (SSSR count). The van der Waals surface area contributed by atoms with Crippen LogP contribution < -0.4 is 0 Å². The SMILES string of the molecule is CC12CC3CC(CC(C3)N1C(=O)OCc1ccccc1)C2. The van der Waals surface area contributed by atoms with Gasteiger partial charge in [0.25, 0.3) is 0 Å². The topological polar surface area (TPSA) is 29.5 Å². The van der Waals surface area contributed by atoms with E-state index in [1.165, 1.54) is 32.1 Å². The molecule has 4 aliphatic rings. The molecule has 4 fully saturated rings. The molecule has 3 heteroatoms. The number of hydrogen-bond acceptors (Lipinski definition) is 2. The van der Waals surface area contributed by atoms with E-state index in [4.69, 9.17) is 4.74 Å². The molecule has 2 aliphatic carbocycles. The lowest BCUT2D eigenvalue weighted by Crippen LogP contribution is -2.66. The van der Waals surface area contributed by atoms with E-state index < -0.39 is 0 Å². The molecule has 4 bridgehead atoms. The molecule has 1 aromatic rings. The second-order valence-electron chi connectivity index (χ2n) is 7.41. The van der Waals surface area contributed by atoms with Crippen LogP contribution in [0.4, 0.5) is 4.79 Å². The van der Waals surface area contributed by atoms with Crippen molar-refractivity contribution in [2.75, 3.05) is 0 Å². The molecule has 0 spiro atoms. The summed E-state index contributed by atoms with van der Waals surface area (Å²) in [6.07, 6.45) is 5.99. The summed E-state index contributed by atoms with van der Waals surface area (Å²) in [6, 6.07) is 10.4. The fourth-order valence-electron chi connectivity index (χ4n) is 5.20. The number of hydrogen-bond donors (Lipinski definition) is 0. The summed E-state index contributed by atoms with van der Waals surface area (Å²) in [5.74, 6) is 1.68. The maximum atomic E-state index is 12.6. The summed E-state index contributed by atoms with van der Waals surface area (Å²) in [4.78, 5) is 14.7. The van der Waals surface area contributed by atoms with Gasteiger partial charge in [0, 0.05) is 11.6 Å². The van der Waals surface area contributed by atoms with Gasteiger partial charge in [-0.2, -0.15) is 0 Å². The van der Waals surface area contributed by atoms with Gasteiger partial charge in [-0.1, -0.05) is 30.3 Å². The van der Waals surface area contributed by atoms with Crippen molar-refractivity contribution in [1.82, 2.24) is 4.90 Å². The number of piperidine rings is 2. The molecule has 0 N–H and O–H groups in total. The number of amides is 1. The fourth-order valence-corrected chi connectivity index (χ4v) is 5.20. The van der Waals surface area contributed by atoms with E-state index in [1.807, 2.05) is 30.3 Å². The molecule has 0 radical (unpaired) electrons. The molecule has 112 valence electrons. The number of ether oxygens (including phenoxy) is 1. The van der Waals surface area contributed by atoms with Crippen molar-refractivity contribution in [1.29, 1.82) is 0 Å². The predicted molar refractivity (Wildman–Crippen MR) is 80.7 cm³/mol. The zero-order valence-electron chi connectivity index (χ0n) is 12.6. The molecule has 2 atom stereocenters. The number of carbonyl (C=O) groups excluding carboxylic acids is 1. The predicted octanol–water partition coefficient (Wildman–Crippen LogP) is 3.98. The van der Waals surface area contributed by atoms with Gasteiger partial charge in [0.15, 0.2) is 0 Å². The highest BCUT2D eigenvalue weighted by Gasteiger charge is 2.55. The van der Waals surface area contributed by atoms with Crippen LogP contribution in [-0.4, -0.2) is 22.6 Å². The maximum absolute atomic E-state index is 12.6. The minimum atomic E-state index is -0.106. The maximum Gasteiger partial charge on any atom is 0.410 e. The summed E-state index contributed by atoms with van der Waals surface area (Å²) in [6.45, 7) is 2.65. The minimum Gasteiger partial charge on any atom is -0.445 e. The summed E-state index contributed by atoms with van der Waals surface area (Å²) in [7, 11) is 0. The first-order valence-electron chi connectivity index (χ1n) is 8.14. The second kappa shape index (κ2) is 4.75. The number of benzene rings is 1. The monoisotopic (exact) mass is 285 g/mol. The van der Waals surface area contributed by atoms with Gasteiger partial charge < -0.3 is 4.74 Å². The van der Waals surface area contributed by atoms with Crippen LogP contribution in [0.5, 0.6) is 0 Å². The Morgan fingerprint density at radius 3 is 2.48 bits per heavy atom. The van der Waals surface area contributed by atoms with Gasteiger partial charge >= 0.3 is 6.09 Å². The standard InChI is InChI=1S/C18H23NO2/c1-18-10-14-7-15(11-18)9-16(8-14)19(18)17(20)21-12-13-5-3-2-4-6-13/h2-6,14-16H,7-12H2,1H3. The third-order valence-electron chi connectivity index (χ3n) is 5.68. The van der Waals surface area contributed by atoms with Crippen molar-refractivity contribution < 1.29 is 9.53 Å². The number of carbonyl (C=O) groups is 1. The Morgan fingerprint density at radius 2 is 1.86 bits per heavy atom. The van der Waals surface area contributed by atoms with Crippen LogP contribution in [0, 0.1) is 11.8 Å². The van der Waals surface area contributed by atoms with Gasteiger partial charge in [0.2, 0.25) is 0 Å². The summed E-state index contributed by atoms with van der Waals surface area (Å²) >= 11 is 0. The Bertz CT molecular complexity index is 527. The third-order valence-corrected chi connectivity index (χ3v) is 5.68. The van der Waals surface area contributed by atoms with E-state index in [1.54, 1.807) is 0 Å². The zero-order valence-corrected chi connectivity index (χ0v) is 12.6. The second-order valence-corrected chi connectivity index (χ2v) is 7.41. The third kappa shape index (κ3) is 2.23. The van der Waals surface area contributed by atoms with Crippen LogP contribution in [0.25, 0.3) is 0 Å². The molecule has 2 saturated heterocycles. The van der Waals surface area contributed by atoms with Gasteiger partial charge in [0.05, 0.1) is 0 Å². The molecular weight excluding hydrogens is 262 g/mol. The molecule has 1 amide bonds. The van der Waals surface area contributed by atoms with Crippen molar-refractivity contribution in [2.45, 2.75) is 57.2 Å². The molecule has 2 heterocycles. The Hall–Kier alpha value is -1.51. The average molecular weight is 285 g/mol. The Labute approximate surface area is 126 Å². The van der Waals surface area contributed by atoms with Crippen LogP contribution in [0.2, 0.25) is 0 Å². The Kier molecular flexibility index (Phi) is 2.98. The molecule has 2 unspecified atom stereocenters. The smallest absolute Gasteiger partial charge is 0.410 e. The lowest BCUT2D eigenvalue weighted by atomic mass is 9.58. The van der Waals surface area contributed by atoms with Gasteiger partial charge in [-0.05, 0) is 56.4 Å². The van der Waals surface area contributed by atoms with Crippen LogP contribution >= 0.6 is 0 Å². The molecule has 2 aliphatic heterocycles. The van der Waals surface area contributed by atoms with Crippen molar-refractivity contribution in [3.05, 3.63) is 35.9 Å². The van der Waals surface area contributed by atoms with Gasteiger partial charge in [-0.3, -0.25) is 4.90 Å². The summed E-state index contributed by atoms with van der Waals surface area (Å²) in [5.41, 5.74) is 1.10. The van der Waals surface area contributed by atoms with Crippen LogP contribution in [0.1, 0.15) is 44.6 Å². The molecule has 0 aromatic heterocycles. The first-order valence-corrected chi connectivity index (χ1v) is 8.14. The van der Waals surface area contributed by atoms with E-state index in [0.29, 0.717) is 12.6 Å². The minimum absolute atomic E-state index is 0.0442. The van der Waals surface area contributed by atoms with Crippen molar-refractivity contribution in [2.24, 2.45) is 11.8 Å². The van der Waals surface area contributed by atoms with E-state index in [2.05, 4.69) is 11.8 Å². The van der Waals surface area contributed by atoms with Crippen LogP contribution in [0.3, 0.4) is 0 Å². The average Bonchev–Trinajstić information content (AvgIpc) is 2.44. The molecule has 3 nitrogen and oxygen atoms in total. The zero-order chi connectivity index (χ0) is 14.4. The normalized spacial score (nSPS) is 36.8. The summed E-state index contributed by atoms with van der Waals surface area (Å²) < 4.78 is 5.61. The van der Waals surface area contributed by atoms with E-state index in [9.17, 15) is 4.79 Å². The highest BCUT2D eigenvalue weighted by molar-refractivity contribution is 5.69. The first kappa shape index (κ1) is 13.2. The molecule has 1 aromatic carbocycles. The molecule has 2 saturated carbocycles. The van der Waals surface area contributed by atoms with E-state index >= 15 is 0 Å². The Balaban J connectivity index is 1.47. The Morgan fingerprint density at radius 1 is 1.19 bits per heavy atom. The van der Waals surface area contributed by atoms with Gasteiger partial charge in [-0.25, -0.2) is 4.79 Å². The van der Waals surface area contributed by atoms with Gasteiger partial charge in [-0.15, -0.1) is 0 Å². The van der Waals surface area contributed by atoms with E-state index in [-0.39, 0.29) is 11.6 Å². The van der Waals surface area contributed by atoms with Crippen LogP contribution in [0.15, 0.2) is 30.3 Å². The fraction of sp³-hybridized carbons (Fsp3) is 0.611. The quantitative estimate of drug-likeness (QED) is 0.822. The highest BCUT2D eigenvalue weighted by Crippen LogP contribution is 2.54. The number of nitrogens with zero attached hydrogens (tertiary/aromatic N) is 1. The lowest BCUT2D eigenvalue weighted by molar-refractivity contribution is -0.101. The largest absolute Gasteiger partial charge is 0.445 e.